The van der Waals surface area contributed by atoms with E-state index in [1.165, 1.54) is 44.1 Å². The van der Waals surface area contributed by atoms with Crippen LogP contribution in [0.1, 0.15) is 51.0 Å². The normalized spacial score (nSPS) is 19.6. The SMILES string of the molecule is C[C@H]1CCCN(c2cc(N3CCCCCC3)nc(NC(=S)NCc3ccccc3)n2)C1. The lowest BCUT2D eigenvalue weighted by Gasteiger charge is -2.33. The summed E-state index contributed by atoms with van der Waals surface area (Å²) >= 11 is 5.55. The standard InChI is InChI=1S/C24H34N6S/c1-19-10-9-15-30(18-19)22-16-21(29-13-7-2-3-8-14-29)26-23(27-22)28-24(31)25-17-20-11-5-4-6-12-20/h4-6,11-12,16,19H,2-3,7-10,13-15,17-18H2,1H3,(H2,25,26,27,28,31)/t19-/m0/s1. The zero-order valence-corrected chi connectivity index (χ0v) is 19.3. The van der Waals surface area contributed by atoms with E-state index in [-0.39, 0.29) is 0 Å². The molecule has 6 nitrogen and oxygen atoms in total. The first-order chi connectivity index (χ1) is 15.2. The Labute approximate surface area is 191 Å². The van der Waals surface area contributed by atoms with Crippen LogP contribution in [-0.2, 0) is 6.54 Å². The van der Waals surface area contributed by atoms with Gasteiger partial charge in [0.1, 0.15) is 11.6 Å². The monoisotopic (exact) mass is 438 g/mol. The molecule has 0 unspecified atom stereocenters. The van der Waals surface area contributed by atoms with Gasteiger partial charge in [0.15, 0.2) is 5.11 Å². The van der Waals surface area contributed by atoms with E-state index >= 15 is 0 Å². The summed E-state index contributed by atoms with van der Waals surface area (Å²) in [5.74, 6) is 3.29. The number of rotatable bonds is 5. The number of nitrogens with zero attached hydrogens (tertiary/aromatic N) is 4. The van der Waals surface area contributed by atoms with Crippen LogP contribution in [0.15, 0.2) is 36.4 Å². The molecular formula is C24H34N6S. The van der Waals surface area contributed by atoms with Crippen molar-refractivity contribution in [1.29, 1.82) is 0 Å². The predicted octanol–water partition coefficient (Wildman–Crippen LogP) is 4.58. The molecule has 3 heterocycles. The van der Waals surface area contributed by atoms with Crippen LogP contribution in [0.2, 0.25) is 0 Å². The topological polar surface area (TPSA) is 56.3 Å². The van der Waals surface area contributed by atoms with Gasteiger partial charge in [-0.2, -0.15) is 9.97 Å². The zero-order valence-electron chi connectivity index (χ0n) is 18.5. The van der Waals surface area contributed by atoms with Crippen molar-refractivity contribution < 1.29 is 0 Å². The molecule has 2 fully saturated rings. The van der Waals surface area contributed by atoms with Crippen molar-refractivity contribution >= 4 is 34.9 Å². The number of thiocarbonyl (C=S) groups is 1. The van der Waals surface area contributed by atoms with Gasteiger partial charge in [-0.3, -0.25) is 0 Å². The van der Waals surface area contributed by atoms with Crippen molar-refractivity contribution in [2.75, 3.05) is 41.3 Å². The molecular weight excluding hydrogens is 404 g/mol. The Balaban J connectivity index is 1.51. The molecule has 4 rings (SSSR count). The highest BCUT2D eigenvalue weighted by molar-refractivity contribution is 7.80. The molecule has 1 atom stereocenters. The minimum atomic E-state index is 0.551. The Kier molecular flexibility index (Phi) is 7.57. The first-order valence-corrected chi connectivity index (χ1v) is 12.1. The molecule has 0 spiro atoms. The fraction of sp³-hybridized carbons (Fsp3) is 0.542. The van der Waals surface area contributed by atoms with E-state index < -0.39 is 0 Å². The van der Waals surface area contributed by atoms with E-state index in [0.29, 0.717) is 23.5 Å². The average Bonchev–Trinajstić information content (AvgIpc) is 3.08. The van der Waals surface area contributed by atoms with E-state index in [4.69, 9.17) is 22.2 Å². The average molecular weight is 439 g/mol. The molecule has 0 aliphatic carbocycles. The smallest absolute Gasteiger partial charge is 0.232 e. The molecule has 2 aromatic rings. The minimum absolute atomic E-state index is 0.551. The van der Waals surface area contributed by atoms with Crippen LogP contribution in [0.4, 0.5) is 17.6 Å². The van der Waals surface area contributed by atoms with Crippen LogP contribution >= 0.6 is 12.2 Å². The van der Waals surface area contributed by atoms with Crippen LogP contribution in [-0.4, -0.2) is 41.3 Å². The van der Waals surface area contributed by atoms with Crippen LogP contribution in [0.25, 0.3) is 0 Å². The van der Waals surface area contributed by atoms with Gasteiger partial charge in [-0.15, -0.1) is 0 Å². The molecule has 2 aliphatic rings. The molecule has 2 aliphatic heterocycles. The second kappa shape index (κ2) is 10.8. The molecule has 0 bridgehead atoms. The lowest BCUT2D eigenvalue weighted by atomic mass is 10.0. The molecule has 31 heavy (non-hydrogen) atoms. The van der Waals surface area contributed by atoms with Gasteiger partial charge in [-0.05, 0) is 49.4 Å². The highest BCUT2D eigenvalue weighted by Gasteiger charge is 2.21. The quantitative estimate of drug-likeness (QED) is 0.663. The fourth-order valence-electron chi connectivity index (χ4n) is 4.42. The Hall–Kier alpha value is -2.41. The molecule has 166 valence electrons. The van der Waals surface area contributed by atoms with Gasteiger partial charge in [0, 0.05) is 38.8 Å². The maximum Gasteiger partial charge on any atom is 0.232 e. The highest BCUT2D eigenvalue weighted by atomic mass is 32.1. The largest absolute Gasteiger partial charge is 0.358 e. The van der Waals surface area contributed by atoms with Gasteiger partial charge in [-0.1, -0.05) is 50.1 Å². The van der Waals surface area contributed by atoms with Gasteiger partial charge in [0.05, 0.1) is 0 Å². The fourth-order valence-corrected chi connectivity index (χ4v) is 4.59. The Morgan fingerprint density at radius 3 is 2.35 bits per heavy atom. The Bertz CT molecular complexity index is 830. The zero-order chi connectivity index (χ0) is 21.5. The van der Waals surface area contributed by atoms with E-state index in [0.717, 1.165) is 37.8 Å². The summed E-state index contributed by atoms with van der Waals surface area (Å²) in [6.45, 7) is 7.22. The number of nitrogens with one attached hydrogen (secondary N) is 2. The number of hydrogen-bond donors (Lipinski definition) is 2. The lowest BCUT2D eigenvalue weighted by molar-refractivity contribution is 0.444. The van der Waals surface area contributed by atoms with Crippen molar-refractivity contribution in [2.45, 2.75) is 52.0 Å². The Morgan fingerprint density at radius 2 is 1.65 bits per heavy atom. The minimum Gasteiger partial charge on any atom is -0.358 e. The molecule has 0 amide bonds. The van der Waals surface area contributed by atoms with Crippen LogP contribution in [0.5, 0.6) is 0 Å². The summed E-state index contributed by atoms with van der Waals surface area (Å²) < 4.78 is 0. The van der Waals surface area contributed by atoms with E-state index in [9.17, 15) is 0 Å². The third-order valence-corrected chi connectivity index (χ3v) is 6.38. The number of hydrogen-bond acceptors (Lipinski definition) is 5. The number of aromatic nitrogens is 2. The van der Waals surface area contributed by atoms with Gasteiger partial charge in [0.25, 0.3) is 0 Å². The Morgan fingerprint density at radius 1 is 0.968 bits per heavy atom. The predicted molar refractivity (Wildman–Crippen MR) is 133 cm³/mol. The molecule has 7 heteroatoms. The molecule has 0 saturated carbocycles. The summed E-state index contributed by atoms with van der Waals surface area (Å²) in [5.41, 5.74) is 1.19. The second-order valence-corrected chi connectivity index (χ2v) is 9.20. The van der Waals surface area contributed by atoms with Crippen LogP contribution in [0, 0.1) is 5.92 Å². The molecule has 2 saturated heterocycles. The summed E-state index contributed by atoms with van der Waals surface area (Å²) in [5, 5.41) is 7.07. The number of benzene rings is 1. The van der Waals surface area contributed by atoms with Gasteiger partial charge < -0.3 is 20.4 Å². The lowest BCUT2D eigenvalue weighted by Crippen LogP contribution is -2.36. The van der Waals surface area contributed by atoms with Crippen LogP contribution < -0.4 is 20.4 Å². The first-order valence-electron chi connectivity index (χ1n) is 11.6. The third kappa shape index (κ3) is 6.29. The highest BCUT2D eigenvalue weighted by Crippen LogP contribution is 2.27. The van der Waals surface area contributed by atoms with E-state index in [1.54, 1.807) is 0 Å². The molecule has 1 aromatic heterocycles. The van der Waals surface area contributed by atoms with Gasteiger partial charge in [0.2, 0.25) is 5.95 Å². The van der Waals surface area contributed by atoms with Crippen LogP contribution in [0.3, 0.4) is 0 Å². The summed E-state index contributed by atoms with van der Waals surface area (Å²) in [4.78, 5) is 14.5. The van der Waals surface area contributed by atoms with Crippen molar-refractivity contribution in [1.82, 2.24) is 15.3 Å². The second-order valence-electron chi connectivity index (χ2n) is 8.80. The third-order valence-electron chi connectivity index (χ3n) is 6.13. The van der Waals surface area contributed by atoms with Gasteiger partial charge >= 0.3 is 0 Å². The summed E-state index contributed by atoms with van der Waals surface area (Å²) in [7, 11) is 0. The first kappa shape index (κ1) is 21.8. The summed E-state index contributed by atoms with van der Waals surface area (Å²) in [6, 6.07) is 12.4. The maximum absolute atomic E-state index is 5.55. The number of piperidine rings is 1. The molecule has 1 aromatic carbocycles. The summed E-state index contributed by atoms with van der Waals surface area (Å²) in [6.07, 6.45) is 7.55. The van der Waals surface area contributed by atoms with Crippen molar-refractivity contribution in [2.24, 2.45) is 5.92 Å². The van der Waals surface area contributed by atoms with E-state index in [1.807, 2.05) is 18.2 Å². The molecule has 0 radical (unpaired) electrons. The van der Waals surface area contributed by atoms with Crippen molar-refractivity contribution in [3.8, 4) is 0 Å². The van der Waals surface area contributed by atoms with Crippen molar-refractivity contribution in [3.05, 3.63) is 42.0 Å². The van der Waals surface area contributed by atoms with Gasteiger partial charge in [-0.25, -0.2) is 0 Å². The molecule has 2 N–H and O–H groups in total. The number of anilines is 3. The maximum atomic E-state index is 5.55. The van der Waals surface area contributed by atoms with Crippen molar-refractivity contribution in [3.63, 3.8) is 0 Å². The van der Waals surface area contributed by atoms with E-state index in [2.05, 4.69) is 45.6 Å².